The predicted octanol–water partition coefficient (Wildman–Crippen LogP) is 0.403. The van der Waals surface area contributed by atoms with Gasteiger partial charge in [-0.15, -0.1) is 0 Å². The summed E-state index contributed by atoms with van der Waals surface area (Å²) in [5.74, 6) is 0.983. The summed E-state index contributed by atoms with van der Waals surface area (Å²) in [7, 11) is 0. The van der Waals surface area contributed by atoms with Crippen molar-refractivity contribution in [2.24, 2.45) is 11.7 Å². The van der Waals surface area contributed by atoms with Crippen LogP contribution in [0.25, 0.3) is 0 Å². The molecule has 3 N–H and O–H groups in total. The molecule has 2 rings (SSSR count). The molecule has 72 valence electrons. The topological polar surface area (TPSA) is 72.3 Å². The van der Waals surface area contributed by atoms with Crippen LogP contribution in [0.4, 0.5) is 0 Å². The minimum atomic E-state index is -0.815. The Hall–Kier alpha value is -0.870. The van der Waals surface area contributed by atoms with Gasteiger partial charge in [0.1, 0.15) is 5.76 Å². The summed E-state index contributed by atoms with van der Waals surface area (Å²) >= 11 is 0. The third-order valence-corrected chi connectivity index (χ3v) is 2.94. The van der Waals surface area contributed by atoms with Crippen molar-refractivity contribution in [1.29, 1.82) is 0 Å². The van der Waals surface area contributed by atoms with Gasteiger partial charge < -0.3 is 15.4 Å². The lowest BCUT2D eigenvalue weighted by atomic mass is 9.86. The number of hydrogen-bond donors (Lipinski definition) is 2. The zero-order valence-electron chi connectivity index (χ0n) is 7.66. The summed E-state index contributed by atoms with van der Waals surface area (Å²) in [5, 5.41) is 14.0. The molecule has 1 aliphatic carbocycles. The van der Waals surface area contributed by atoms with E-state index in [2.05, 4.69) is 5.16 Å². The van der Waals surface area contributed by atoms with E-state index in [0.717, 1.165) is 17.7 Å². The van der Waals surface area contributed by atoms with Crippen LogP contribution in [0.1, 0.15) is 24.7 Å². The van der Waals surface area contributed by atoms with E-state index in [0.29, 0.717) is 13.0 Å². The minimum absolute atomic E-state index is 0.174. The molecule has 13 heavy (non-hydrogen) atoms. The number of fused-ring (bicyclic) bond motifs is 1. The summed E-state index contributed by atoms with van der Waals surface area (Å²) in [6.07, 6.45) is 2.93. The van der Waals surface area contributed by atoms with Gasteiger partial charge in [0.2, 0.25) is 0 Å². The SMILES string of the molecule is CC1Cc2oncc2C1(O)CCN. The Kier molecular flexibility index (Phi) is 1.89. The molecular weight excluding hydrogens is 168 g/mol. The van der Waals surface area contributed by atoms with Gasteiger partial charge in [0.15, 0.2) is 0 Å². The van der Waals surface area contributed by atoms with Gasteiger partial charge in [0.05, 0.1) is 11.8 Å². The van der Waals surface area contributed by atoms with Gasteiger partial charge in [-0.1, -0.05) is 12.1 Å². The molecule has 1 aromatic rings. The smallest absolute Gasteiger partial charge is 0.143 e. The summed E-state index contributed by atoms with van der Waals surface area (Å²) < 4.78 is 5.04. The number of rotatable bonds is 2. The van der Waals surface area contributed by atoms with Crippen LogP contribution < -0.4 is 5.73 Å². The summed E-state index contributed by atoms with van der Waals surface area (Å²) in [6.45, 7) is 2.48. The third kappa shape index (κ3) is 1.09. The molecule has 4 nitrogen and oxygen atoms in total. The van der Waals surface area contributed by atoms with Gasteiger partial charge in [0.25, 0.3) is 0 Å². The molecule has 0 amide bonds. The molecule has 0 fully saturated rings. The van der Waals surface area contributed by atoms with Gasteiger partial charge in [-0.2, -0.15) is 0 Å². The average Bonchev–Trinajstić information content (AvgIpc) is 2.59. The van der Waals surface area contributed by atoms with Crippen LogP contribution in [0.5, 0.6) is 0 Å². The van der Waals surface area contributed by atoms with E-state index in [1.165, 1.54) is 0 Å². The molecule has 0 saturated heterocycles. The standard InChI is InChI=1S/C9H14N2O2/c1-6-4-8-7(5-11-13-8)9(6,12)2-3-10/h5-6,12H,2-4,10H2,1H3. The molecule has 1 heterocycles. The summed E-state index contributed by atoms with van der Waals surface area (Å²) in [6, 6.07) is 0. The van der Waals surface area contributed by atoms with Crippen molar-refractivity contribution >= 4 is 0 Å². The fourth-order valence-electron chi connectivity index (χ4n) is 2.08. The van der Waals surface area contributed by atoms with Crippen molar-refractivity contribution in [3.05, 3.63) is 17.5 Å². The molecule has 0 spiro atoms. The number of nitrogens with two attached hydrogens (primary N) is 1. The number of nitrogens with zero attached hydrogens (tertiary/aromatic N) is 1. The van der Waals surface area contributed by atoms with Crippen molar-refractivity contribution in [2.45, 2.75) is 25.4 Å². The van der Waals surface area contributed by atoms with Crippen LogP contribution in [0, 0.1) is 5.92 Å². The van der Waals surface area contributed by atoms with E-state index in [9.17, 15) is 5.11 Å². The Labute approximate surface area is 76.7 Å². The van der Waals surface area contributed by atoms with Gasteiger partial charge in [0, 0.05) is 12.0 Å². The van der Waals surface area contributed by atoms with Crippen LogP contribution in [-0.4, -0.2) is 16.8 Å². The fourth-order valence-corrected chi connectivity index (χ4v) is 2.08. The first-order valence-electron chi connectivity index (χ1n) is 4.55. The number of aromatic nitrogens is 1. The Morgan fingerprint density at radius 1 is 1.85 bits per heavy atom. The maximum atomic E-state index is 10.3. The van der Waals surface area contributed by atoms with Gasteiger partial charge in [-0.25, -0.2) is 0 Å². The highest BCUT2D eigenvalue weighted by atomic mass is 16.5. The van der Waals surface area contributed by atoms with E-state index in [4.69, 9.17) is 10.3 Å². The predicted molar refractivity (Wildman–Crippen MR) is 46.9 cm³/mol. The second-order valence-corrected chi connectivity index (χ2v) is 3.73. The largest absolute Gasteiger partial charge is 0.385 e. The van der Waals surface area contributed by atoms with E-state index in [1.54, 1.807) is 6.20 Å². The van der Waals surface area contributed by atoms with Crippen LogP contribution in [0.15, 0.2) is 10.7 Å². The van der Waals surface area contributed by atoms with Crippen molar-refractivity contribution in [3.8, 4) is 0 Å². The summed E-state index contributed by atoms with van der Waals surface area (Å²) in [5.41, 5.74) is 5.48. The van der Waals surface area contributed by atoms with Gasteiger partial charge >= 0.3 is 0 Å². The molecule has 0 radical (unpaired) electrons. The van der Waals surface area contributed by atoms with E-state index < -0.39 is 5.60 Å². The van der Waals surface area contributed by atoms with E-state index >= 15 is 0 Å². The monoisotopic (exact) mass is 182 g/mol. The quantitative estimate of drug-likeness (QED) is 0.694. The summed E-state index contributed by atoms with van der Waals surface area (Å²) in [4.78, 5) is 0. The lowest BCUT2D eigenvalue weighted by Crippen LogP contribution is -2.32. The van der Waals surface area contributed by atoms with Crippen LogP contribution in [0.3, 0.4) is 0 Å². The molecular formula is C9H14N2O2. The van der Waals surface area contributed by atoms with Crippen molar-refractivity contribution in [1.82, 2.24) is 5.16 Å². The van der Waals surface area contributed by atoms with Gasteiger partial charge in [-0.05, 0) is 18.9 Å². The molecule has 0 bridgehead atoms. The van der Waals surface area contributed by atoms with Crippen molar-refractivity contribution in [3.63, 3.8) is 0 Å². The second kappa shape index (κ2) is 2.82. The number of hydrogen-bond acceptors (Lipinski definition) is 4. The minimum Gasteiger partial charge on any atom is -0.385 e. The fraction of sp³-hybridized carbons (Fsp3) is 0.667. The van der Waals surface area contributed by atoms with Crippen LogP contribution >= 0.6 is 0 Å². The average molecular weight is 182 g/mol. The molecule has 0 aromatic carbocycles. The normalized spacial score (nSPS) is 32.1. The van der Waals surface area contributed by atoms with E-state index in [-0.39, 0.29) is 5.92 Å². The molecule has 0 aliphatic heterocycles. The van der Waals surface area contributed by atoms with Crippen LogP contribution in [-0.2, 0) is 12.0 Å². The number of aliphatic hydroxyl groups is 1. The van der Waals surface area contributed by atoms with Crippen molar-refractivity contribution < 1.29 is 9.63 Å². The van der Waals surface area contributed by atoms with Gasteiger partial charge in [-0.3, -0.25) is 0 Å². The van der Waals surface area contributed by atoms with Crippen LogP contribution in [0.2, 0.25) is 0 Å². The van der Waals surface area contributed by atoms with Crippen molar-refractivity contribution in [2.75, 3.05) is 6.54 Å². The molecule has 1 aromatic heterocycles. The zero-order valence-corrected chi connectivity index (χ0v) is 7.66. The Bertz CT molecular complexity index is 310. The first-order chi connectivity index (χ1) is 6.18. The third-order valence-electron chi connectivity index (χ3n) is 2.94. The Morgan fingerprint density at radius 2 is 2.62 bits per heavy atom. The molecule has 4 heteroatoms. The maximum Gasteiger partial charge on any atom is 0.143 e. The lowest BCUT2D eigenvalue weighted by molar-refractivity contribution is -0.0106. The molecule has 2 atom stereocenters. The lowest BCUT2D eigenvalue weighted by Gasteiger charge is -2.26. The molecule has 0 saturated carbocycles. The molecule has 1 aliphatic rings. The first kappa shape index (κ1) is 8.72. The highest BCUT2D eigenvalue weighted by molar-refractivity contribution is 5.29. The zero-order chi connectivity index (χ0) is 9.47. The highest BCUT2D eigenvalue weighted by Gasteiger charge is 2.44. The van der Waals surface area contributed by atoms with E-state index in [1.807, 2.05) is 6.92 Å². The Morgan fingerprint density at radius 3 is 3.31 bits per heavy atom. The maximum absolute atomic E-state index is 10.3. The highest BCUT2D eigenvalue weighted by Crippen LogP contribution is 2.43. The first-order valence-corrected chi connectivity index (χ1v) is 4.55. The molecule has 2 unspecified atom stereocenters. The Balaban J connectivity index is 2.38. The second-order valence-electron chi connectivity index (χ2n) is 3.73.